The van der Waals surface area contributed by atoms with Gasteiger partial charge in [0, 0.05) is 13.8 Å². The highest BCUT2D eigenvalue weighted by atomic mass is 16.7. The number of carboxylic acid groups (broad SMARTS) is 1. The molecule has 0 atom stereocenters. The van der Waals surface area contributed by atoms with E-state index in [1.807, 2.05) is 0 Å². The van der Waals surface area contributed by atoms with Gasteiger partial charge >= 0.3 is 5.97 Å². The van der Waals surface area contributed by atoms with Gasteiger partial charge < -0.3 is 14.6 Å². The van der Waals surface area contributed by atoms with Crippen LogP contribution in [0, 0.1) is 0 Å². The van der Waals surface area contributed by atoms with Gasteiger partial charge in [-0.1, -0.05) is 0 Å². The zero-order chi connectivity index (χ0) is 10.3. The van der Waals surface area contributed by atoms with Gasteiger partial charge in [-0.15, -0.1) is 0 Å². The van der Waals surface area contributed by atoms with E-state index in [9.17, 15) is 4.79 Å². The number of aromatic carboxylic acids is 1. The highest BCUT2D eigenvalue weighted by Gasteiger charge is 2.31. The van der Waals surface area contributed by atoms with Gasteiger partial charge in [-0.2, -0.15) is 0 Å². The Balaban J connectivity index is 2.40. The summed E-state index contributed by atoms with van der Waals surface area (Å²) in [6, 6.07) is 4.56. The van der Waals surface area contributed by atoms with E-state index in [1.165, 1.54) is 12.1 Å². The summed E-state index contributed by atoms with van der Waals surface area (Å²) in [6.07, 6.45) is 0. The first-order chi connectivity index (χ1) is 6.48. The van der Waals surface area contributed by atoms with E-state index in [0.29, 0.717) is 11.5 Å². The lowest BCUT2D eigenvalue weighted by atomic mass is 10.2. The minimum atomic E-state index is -0.971. The van der Waals surface area contributed by atoms with Crippen molar-refractivity contribution in [2.75, 3.05) is 0 Å². The molecule has 1 aliphatic heterocycles. The summed E-state index contributed by atoms with van der Waals surface area (Å²) < 4.78 is 10.8. The van der Waals surface area contributed by atoms with Gasteiger partial charge in [0.1, 0.15) is 0 Å². The number of carboxylic acids is 1. The van der Waals surface area contributed by atoms with Crippen LogP contribution in [-0.2, 0) is 0 Å². The molecule has 4 heteroatoms. The number of carbonyl (C=O) groups is 1. The van der Waals surface area contributed by atoms with E-state index in [4.69, 9.17) is 14.6 Å². The lowest BCUT2D eigenvalue weighted by Gasteiger charge is -2.16. The van der Waals surface area contributed by atoms with Gasteiger partial charge in [-0.05, 0) is 18.2 Å². The van der Waals surface area contributed by atoms with Crippen LogP contribution < -0.4 is 9.47 Å². The molecular formula is C10H10O4. The summed E-state index contributed by atoms with van der Waals surface area (Å²) in [4.78, 5) is 10.7. The summed E-state index contributed by atoms with van der Waals surface area (Å²) in [5, 5.41) is 8.75. The molecule has 0 saturated carbocycles. The van der Waals surface area contributed by atoms with Crippen molar-refractivity contribution in [3.05, 3.63) is 23.8 Å². The minimum absolute atomic E-state index is 0.199. The molecule has 0 unspecified atom stereocenters. The maximum absolute atomic E-state index is 10.7. The van der Waals surface area contributed by atoms with Crippen molar-refractivity contribution in [3.63, 3.8) is 0 Å². The van der Waals surface area contributed by atoms with Gasteiger partial charge in [0.05, 0.1) is 5.56 Å². The fourth-order valence-corrected chi connectivity index (χ4v) is 1.36. The average Bonchev–Trinajstić information content (AvgIpc) is 2.36. The van der Waals surface area contributed by atoms with E-state index in [2.05, 4.69) is 0 Å². The molecule has 0 bridgehead atoms. The quantitative estimate of drug-likeness (QED) is 0.741. The smallest absolute Gasteiger partial charge is 0.335 e. The monoisotopic (exact) mass is 194 g/mol. The zero-order valence-corrected chi connectivity index (χ0v) is 7.90. The van der Waals surface area contributed by atoms with E-state index < -0.39 is 11.8 Å². The Bertz CT molecular complexity index is 395. The summed E-state index contributed by atoms with van der Waals surface area (Å²) in [7, 11) is 0. The van der Waals surface area contributed by atoms with Crippen LogP contribution >= 0.6 is 0 Å². The molecule has 0 spiro atoms. The Morgan fingerprint density at radius 2 is 1.93 bits per heavy atom. The van der Waals surface area contributed by atoms with Gasteiger partial charge in [0.2, 0.25) is 5.79 Å². The van der Waals surface area contributed by atoms with Crippen molar-refractivity contribution < 1.29 is 19.4 Å². The summed E-state index contributed by atoms with van der Waals surface area (Å²) >= 11 is 0. The first kappa shape index (κ1) is 8.87. The Kier molecular flexibility index (Phi) is 1.67. The third-order valence-electron chi connectivity index (χ3n) is 1.90. The van der Waals surface area contributed by atoms with Crippen LogP contribution in [0.4, 0.5) is 0 Å². The minimum Gasteiger partial charge on any atom is -0.478 e. The molecule has 4 nitrogen and oxygen atoms in total. The Morgan fingerprint density at radius 1 is 1.29 bits per heavy atom. The van der Waals surface area contributed by atoms with Gasteiger partial charge in [0.25, 0.3) is 0 Å². The molecule has 14 heavy (non-hydrogen) atoms. The fourth-order valence-electron chi connectivity index (χ4n) is 1.36. The van der Waals surface area contributed by atoms with E-state index in [0.717, 1.165) is 0 Å². The second-order valence-electron chi connectivity index (χ2n) is 3.57. The van der Waals surface area contributed by atoms with E-state index >= 15 is 0 Å². The third-order valence-corrected chi connectivity index (χ3v) is 1.90. The van der Waals surface area contributed by atoms with Gasteiger partial charge in [-0.3, -0.25) is 0 Å². The molecule has 1 N–H and O–H groups in total. The molecule has 1 aromatic carbocycles. The van der Waals surface area contributed by atoms with Crippen molar-refractivity contribution in [3.8, 4) is 11.5 Å². The largest absolute Gasteiger partial charge is 0.478 e. The molecule has 0 saturated heterocycles. The molecule has 74 valence electrons. The molecule has 0 radical (unpaired) electrons. The first-order valence-corrected chi connectivity index (χ1v) is 4.23. The summed E-state index contributed by atoms with van der Waals surface area (Å²) in [5.74, 6) is -0.615. The SMILES string of the molecule is CC1(C)Oc2ccc(C(=O)O)cc2O1. The normalized spacial score (nSPS) is 16.7. The molecule has 0 fully saturated rings. The lowest BCUT2D eigenvalue weighted by molar-refractivity contribution is -0.0431. The third kappa shape index (κ3) is 1.39. The maximum atomic E-state index is 10.7. The standard InChI is InChI=1S/C10H10O4/c1-10(2)13-7-4-3-6(9(11)12)5-8(7)14-10/h3-5H,1-2H3,(H,11,12). The molecule has 1 aliphatic rings. The van der Waals surface area contributed by atoms with Crippen molar-refractivity contribution in [1.29, 1.82) is 0 Å². The summed E-state index contributed by atoms with van der Waals surface area (Å²) in [6.45, 7) is 3.54. The molecule has 0 aromatic heterocycles. The number of hydrogen-bond donors (Lipinski definition) is 1. The van der Waals surface area contributed by atoms with Crippen molar-refractivity contribution >= 4 is 5.97 Å². The lowest BCUT2D eigenvalue weighted by Crippen LogP contribution is -2.29. The van der Waals surface area contributed by atoms with Gasteiger partial charge in [0.15, 0.2) is 11.5 Å². The maximum Gasteiger partial charge on any atom is 0.335 e. The number of ether oxygens (including phenoxy) is 2. The second kappa shape index (κ2) is 2.64. The Labute approximate surface area is 81.1 Å². The number of fused-ring (bicyclic) bond motifs is 1. The molecule has 1 heterocycles. The van der Waals surface area contributed by atoms with Crippen molar-refractivity contribution in [2.24, 2.45) is 0 Å². The predicted molar refractivity (Wildman–Crippen MR) is 48.7 cm³/mol. The number of hydrogen-bond acceptors (Lipinski definition) is 3. The zero-order valence-electron chi connectivity index (χ0n) is 7.90. The first-order valence-electron chi connectivity index (χ1n) is 4.23. The highest BCUT2D eigenvalue weighted by molar-refractivity contribution is 5.88. The second-order valence-corrected chi connectivity index (χ2v) is 3.57. The van der Waals surface area contributed by atoms with Crippen LogP contribution in [0.25, 0.3) is 0 Å². The Hall–Kier alpha value is -1.71. The fraction of sp³-hybridized carbons (Fsp3) is 0.300. The number of benzene rings is 1. The van der Waals surface area contributed by atoms with E-state index in [1.54, 1.807) is 19.9 Å². The van der Waals surface area contributed by atoms with Crippen LogP contribution in [0.2, 0.25) is 0 Å². The Morgan fingerprint density at radius 3 is 2.57 bits per heavy atom. The van der Waals surface area contributed by atoms with Gasteiger partial charge in [-0.25, -0.2) is 4.79 Å². The molecular weight excluding hydrogens is 184 g/mol. The van der Waals surface area contributed by atoms with Crippen LogP contribution in [0.15, 0.2) is 18.2 Å². The molecule has 0 amide bonds. The van der Waals surface area contributed by atoms with E-state index in [-0.39, 0.29) is 5.56 Å². The summed E-state index contributed by atoms with van der Waals surface area (Å²) in [5.41, 5.74) is 0.199. The number of rotatable bonds is 1. The van der Waals surface area contributed by atoms with Crippen molar-refractivity contribution in [1.82, 2.24) is 0 Å². The van der Waals surface area contributed by atoms with Crippen LogP contribution in [0.3, 0.4) is 0 Å². The molecule has 0 aliphatic carbocycles. The average molecular weight is 194 g/mol. The van der Waals surface area contributed by atoms with Crippen LogP contribution in [-0.4, -0.2) is 16.9 Å². The van der Waals surface area contributed by atoms with Crippen LogP contribution in [0.1, 0.15) is 24.2 Å². The van der Waals surface area contributed by atoms with Crippen molar-refractivity contribution in [2.45, 2.75) is 19.6 Å². The predicted octanol–water partition coefficient (Wildman–Crippen LogP) is 1.89. The molecule has 1 aromatic rings. The highest BCUT2D eigenvalue weighted by Crippen LogP contribution is 2.39. The van der Waals surface area contributed by atoms with Crippen LogP contribution in [0.5, 0.6) is 11.5 Å². The topological polar surface area (TPSA) is 55.8 Å². The molecule has 2 rings (SSSR count).